The molecule has 3 N–H and O–H groups in total. The molecule has 21 heavy (non-hydrogen) atoms. The van der Waals surface area contributed by atoms with Crippen LogP contribution in [0.15, 0.2) is 24.3 Å². The Kier molecular flexibility index (Phi) is 4.97. The lowest BCUT2D eigenvalue weighted by Gasteiger charge is -2.22. The molecular formula is C14H21N3O3S. The molecule has 1 amide bonds. The van der Waals surface area contributed by atoms with E-state index >= 15 is 0 Å². The van der Waals surface area contributed by atoms with E-state index in [2.05, 4.69) is 5.32 Å². The molecule has 0 aliphatic carbocycles. The van der Waals surface area contributed by atoms with Gasteiger partial charge in [0.15, 0.2) is 9.84 Å². The highest BCUT2D eigenvalue weighted by Gasteiger charge is 2.31. The van der Waals surface area contributed by atoms with Crippen molar-refractivity contribution >= 4 is 21.4 Å². The van der Waals surface area contributed by atoms with Crippen molar-refractivity contribution in [2.24, 2.45) is 5.73 Å². The number of nitrogens with two attached hydrogens (primary N) is 1. The van der Waals surface area contributed by atoms with Crippen LogP contribution >= 0.6 is 0 Å². The average molecular weight is 311 g/mol. The summed E-state index contributed by atoms with van der Waals surface area (Å²) in [6.45, 7) is 0.520. The number of para-hydroxylation sites is 1. The predicted octanol–water partition coefficient (Wildman–Crippen LogP) is 0.203. The molecule has 1 fully saturated rings. The van der Waals surface area contributed by atoms with Gasteiger partial charge in [-0.15, -0.1) is 0 Å². The molecule has 1 aromatic carbocycles. The van der Waals surface area contributed by atoms with E-state index in [1.807, 2.05) is 18.2 Å². The Balaban J connectivity index is 1.93. The Morgan fingerprint density at radius 2 is 2.14 bits per heavy atom. The second kappa shape index (κ2) is 6.55. The van der Waals surface area contributed by atoms with Crippen molar-refractivity contribution in [1.29, 1.82) is 0 Å². The van der Waals surface area contributed by atoms with Crippen molar-refractivity contribution < 1.29 is 13.2 Å². The summed E-state index contributed by atoms with van der Waals surface area (Å²) in [7, 11) is -1.16. The molecule has 1 aliphatic rings. The standard InChI is InChI=1S/C14H21N3O3S/c1-17(12-6-7-21(19,20)10-12)9-14(18)16-13-5-3-2-4-11(13)8-15/h2-5,12H,6-10,15H2,1H3,(H,16,18). The highest BCUT2D eigenvalue weighted by Crippen LogP contribution is 2.17. The summed E-state index contributed by atoms with van der Waals surface area (Å²) < 4.78 is 22.9. The number of nitrogens with zero attached hydrogens (tertiary/aromatic N) is 1. The van der Waals surface area contributed by atoms with E-state index in [9.17, 15) is 13.2 Å². The van der Waals surface area contributed by atoms with E-state index < -0.39 is 9.84 Å². The number of likely N-dealkylation sites (N-methyl/N-ethyl adjacent to an activating group) is 1. The second-order valence-electron chi connectivity index (χ2n) is 5.38. The Labute approximate surface area is 125 Å². The van der Waals surface area contributed by atoms with Crippen LogP contribution in [0.4, 0.5) is 5.69 Å². The maximum atomic E-state index is 12.1. The van der Waals surface area contributed by atoms with Crippen molar-refractivity contribution in [1.82, 2.24) is 4.90 Å². The van der Waals surface area contributed by atoms with Gasteiger partial charge in [-0.25, -0.2) is 8.42 Å². The number of carbonyl (C=O) groups excluding carboxylic acids is 1. The maximum absolute atomic E-state index is 12.1. The number of amides is 1. The van der Waals surface area contributed by atoms with Crippen molar-refractivity contribution in [2.45, 2.75) is 19.0 Å². The number of nitrogens with one attached hydrogen (secondary N) is 1. The van der Waals surface area contributed by atoms with E-state index in [-0.39, 0.29) is 30.0 Å². The lowest BCUT2D eigenvalue weighted by molar-refractivity contribution is -0.117. The largest absolute Gasteiger partial charge is 0.326 e. The molecule has 6 nitrogen and oxygen atoms in total. The molecule has 1 atom stereocenters. The van der Waals surface area contributed by atoms with Crippen LogP contribution in [0.2, 0.25) is 0 Å². The van der Waals surface area contributed by atoms with Crippen molar-refractivity contribution in [3.05, 3.63) is 29.8 Å². The minimum Gasteiger partial charge on any atom is -0.326 e. The first-order valence-corrected chi connectivity index (χ1v) is 8.72. The molecule has 1 unspecified atom stereocenters. The summed E-state index contributed by atoms with van der Waals surface area (Å²) in [5.41, 5.74) is 7.21. The molecular weight excluding hydrogens is 290 g/mol. The smallest absolute Gasteiger partial charge is 0.238 e. The van der Waals surface area contributed by atoms with Gasteiger partial charge in [-0.05, 0) is 25.1 Å². The zero-order chi connectivity index (χ0) is 15.5. The van der Waals surface area contributed by atoms with Gasteiger partial charge >= 0.3 is 0 Å². The molecule has 0 radical (unpaired) electrons. The van der Waals surface area contributed by atoms with E-state index in [1.54, 1.807) is 18.0 Å². The molecule has 116 valence electrons. The fourth-order valence-corrected chi connectivity index (χ4v) is 4.29. The molecule has 1 saturated heterocycles. The highest BCUT2D eigenvalue weighted by molar-refractivity contribution is 7.91. The van der Waals surface area contributed by atoms with Crippen molar-refractivity contribution in [3.63, 3.8) is 0 Å². The van der Waals surface area contributed by atoms with Gasteiger partial charge in [0.2, 0.25) is 5.91 Å². The van der Waals surface area contributed by atoms with Crippen molar-refractivity contribution in [3.8, 4) is 0 Å². The van der Waals surface area contributed by atoms with Crippen LogP contribution in [0.25, 0.3) is 0 Å². The number of benzene rings is 1. The van der Waals surface area contributed by atoms with E-state index in [1.165, 1.54) is 0 Å². The third-order valence-corrected chi connectivity index (χ3v) is 5.49. The van der Waals surface area contributed by atoms with Gasteiger partial charge in [-0.3, -0.25) is 9.69 Å². The summed E-state index contributed by atoms with van der Waals surface area (Å²) >= 11 is 0. The summed E-state index contributed by atoms with van der Waals surface area (Å²) in [5.74, 6) is 0.179. The molecule has 0 aromatic heterocycles. The minimum atomic E-state index is -2.94. The SMILES string of the molecule is CN(CC(=O)Nc1ccccc1CN)C1CCS(=O)(=O)C1. The summed E-state index contributed by atoms with van der Waals surface area (Å²) in [4.78, 5) is 13.9. The molecule has 7 heteroatoms. The number of carbonyl (C=O) groups is 1. The molecule has 0 saturated carbocycles. The van der Waals surface area contributed by atoms with Gasteiger partial charge in [0, 0.05) is 18.3 Å². The van der Waals surface area contributed by atoms with Gasteiger partial charge < -0.3 is 11.1 Å². The normalized spacial score (nSPS) is 20.6. The number of hydrogen-bond acceptors (Lipinski definition) is 5. The number of hydrogen-bond donors (Lipinski definition) is 2. The highest BCUT2D eigenvalue weighted by atomic mass is 32.2. The Morgan fingerprint density at radius 1 is 1.43 bits per heavy atom. The molecule has 0 bridgehead atoms. The first-order valence-electron chi connectivity index (χ1n) is 6.90. The molecule has 1 aliphatic heterocycles. The zero-order valence-electron chi connectivity index (χ0n) is 12.1. The monoisotopic (exact) mass is 311 g/mol. The first kappa shape index (κ1) is 15.9. The van der Waals surface area contributed by atoms with Gasteiger partial charge in [-0.1, -0.05) is 18.2 Å². The number of sulfone groups is 1. The van der Waals surface area contributed by atoms with Gasteiger partial charge in [-0.2, -0.15) is 0 Å². The average Bonchev–Trinajstić information content (AvgIpc) is 2.79. The maximum Gasteiger partial charge on any atom is 0.238 e. The third kappa shape index (κ3) is 4.26. The third-order valence-electron chi connectivity index (χ3n) is 3.74. The van der Waals surface area contributed by atoms with E-state index in [4.69, 9.17) is 5.73 Å². The minimum absolute atomic E-state index is 0.0782. The Bertz CT molecular complexity index is 616. The molecule has 1 heterocycles. The lowest BCUT2D eigenvalue weighted by Crippen LogP contribution is -2.38. The Hall–Kier alpha value is -1.44. The van der Waals surface area contributed by atoms with E-state index in [0.717, 1.165) is 5.56 Å². The topological polar surface area (TPSA) is 92.5 Å². The quantitative estimate of drug-likeness (QED) is 0.810. The van der Waals surface area contributed by atoms with Crippen molar-refractivity contribution in [2.75, 3.05) is 30.4 Å². The lowest BCUT2D eigenvalue weighted by atomic mass is 10.2. The van der Waals surface area contributed by atoms with Crippen LogP contribution in [-0.4, -0.2) is 50.4 Å². The van der Waals surface area contributed by atoms with Crippen LogP contribution in [0.3, 0.4) is 0 Å². The second-order valence-corrected chi connectivity index (χ2v) is 7.61. The first-order chi connectivity index (χ1) is 9.91. The number of anilines is 1. The van der Waals surface area contributed by atoms with Gasteiger partial charge in [0.25, 0.3) is 0 Å². The van der Waals surface area contributed by atoms with Gasteiger partial charge in [0.05, 0.1) is 18.1 Å². The molecule has 0 spiro atoms. The van der Waals surface area contributed by atoms with Crippen LogP contribution in [0, 0.1) is 0 Å². The summed E-state index contributed by atoms with van der Waals surface area (Å²) in [5, 5.41) is 2.83. The fraction of sp³-hybridized carbons (Fsp3) is 0.500. The van der Waals surface area contributed by atoms with Crippen LogP contribution in [0.1, 0.15) is 12.0 Å². The van der Waals surface area contributed by atoms with Gasteiger partial charge in [0.1, 0.15) is 0 Å². The zero-order valence-corrected chi connectivity index (χ0v) is 12.9. The number of rotatable bonds is 5. The van der Waals surface area contributed by atoms with E-state index in [0.29, 0.717) is 18.7 Å². The van der Waals surface area contributed by atoms with Crippen LogP contribution < -0.4 is 11.1 Å². The van der Waals surface area contributed by atoms with Crippen LogP contribution in [0.5, 0.6) is 0 Å². The fourth-order valence-electron chi connectivity index (χ4n) is 2.49. The predicted molar refractivity (Wildman–Crippen MR) is 82.7 cm³/mol. The Morgan fingerprint density at radius 3 is 2.76 bits per heavy atom. The molecule has 2 rings (SSSR count). The summed E-state index contributed by atoms with van der Waals surface area (Å²) in [6.07, 6.45) is 0.589. The van der Waals surface area contributed by atoms with Crippen LogP contribution in [-0.2, 0) is 21.2 Å². The summed E-state index contributed by atoms with van der Waals surface area (Å²) in [6, 6.07) is 7.30. The molecule has 1 aromatic rings.